The van der Waals surface area contributed by atoms with E-state index in [1.54, 1.807) is 11.3 Å². The molecule has 0 spiro atoms. The van der Waals surface area contributed by atoms with Gasteiger partial charge in [0, 0.05) is 49.6 Å². The number of hydrogen-bond acceptors (Lipinski definition) is 6. The SMILES string of the molecule is O=c1[nH]cc(CN2CCc3nc(-c4cccs4)ncc3C2)c(=O)[nH]1. The summed E-state index contributed by atoms with van der Waals surface area (Å²) in [5, 5.41) is 2.02. The van der Waals surface area contributed by atoms with E-state index >= 15 is 0 Å². The third kappa shape index (κ3) is 2.93. The van der Waals surface area contributed by atoms with Crippen LogP contribution in [0.1, 0.15) is 16.8 Å². The molecular weight excluding hydrogens is 326 g/mol. The van der Waals surface area contributed by atoms with Gasteiger partial charge >= 0.3 is 5.69 Å². The molecular formula is C16H15N5O2S. The van der Waals surface area contributed by atoms with Gasteiger partial charge in [0.15, 0.2) is 5.82 Å². The Hall–Kier alpha value is -2.58. The second-order valence-corrected chi connectivity index (χ2v) is 6.65. The maximum Gasteiger partial charge on any atom is 0.325 e. The molecule has 0 saturated heterocycles. The molecule has 0 fully saturated rings. The number of aromatic nitrogens is 4. The van der Waals surface area contributed by atoms with Gasteiger partial charge in [-0.2, -0.15) is 0 Å². The summed E-state index contributed by atoms with van der Waals surface area (Å²) in [4.78, 5) is 40.0. The minimum Gasteiger partial charge on any atom is -0.314 e. The van der Waals surface area contributed by atoms with Crippen molar-refractivity contribution in [3.8, 4) is 10.7 Å². The lowest BCUT2D eigenvalue weighted by molar-refractivity contribution is 0.241. The molecule has 0 aliphatic carbocycles. The summed E-state index contributed by atoms with van der Waals surface area (Å²) in [5.74, 6) is 0.772. The summed E-state index contributed by atoms with van der Waals surface area (Å²) in [6, 6.07) is 4.01. The first-order valence-corrected chi connectivity index (χ1v) is 8.49. The minimum absolute atomic E-state index is 0.339. The van der Waals surface area contributed by atoms with Crippen molar-refractivity contribution in [2.24, 2.45) is 0 Å². The fourth-order valence-corrected chi connectivity index (χ4v) is 3.49. The van der Waals surface area contributed by atoms with Crippen LogP contribution in [0.25, 0.3) is 10.7 Å². The van der Waals surface area contributed by atoms with Gasteiger partial charge in [-0.3, -0.25) is 14.7 Å². The lowest BCUT2D eigenvalue weighted by Crippen LogP contribution is -2.34. The first kappa shape index (κ1) is 15.0. The minimum atomic E-state index is -0.484. The van der Waals surface area contributed by atoms with E-state index < -0.39 is 5.69 Å². The highest BCUT2D eigenvalue weighted by Crippen LogP contribution is 2.24. The highest BCUT2D eigenvalue weighted by atomic mass is 32.1. The zero-order valence-electron chi connectivity index (χ0n) is 12.8. The number of nitrogens with one attached hydrogen (secondary N) is 2. The van der Waals surface area contributed by atoms with Gasteiger partial charge in [0.05, 0.1) is 10.6 Å². The predicted molar refractivity (Wildman–Crippen MR) is 90.8 cm³/mol. The van der Waals surface area contributed by atoms with Crippen LogP contribution in [0.3, 0.4) is 0 Å². The van der Waals surface area contributed by atoms with Crippen LogP contribution < -0.4 is 11.2 Å². The van der Waals surface area contributed by atoms with Crippen LogP contribution in [-0.4, -0.2) is 31.4 Å². The molecule has 0 aromatic carbocycles. The second-order valence-electron chi connectivity index (χ2n) is 5.70. The molecule has 1 aliphatic heterocycles. The average molecular weight is 341 g/mol. The van der Waals surface area contributed by atoms with Gasteiger partial charge in [0.25, 0.3) is 5.56 Å². The highest BCUT2D eigenvalue weighted by molar-refractivity contribution is 7.13. The van der Waals surface area contributed by atoms with Crippen LogP contribution in [0.15, 0.2) is 39.5 Å². The van der Waals surface area contributed by atoms with Crippen molar-refractivity contribution >= 4 is 11.3 Å². The summed E-state index contributed by atoms with van der Waals surface area (Å²) in [5.41, 5.74) is 1.88. The van der Waals surface area contributed by atoms with Crippen molar-refractivity contribution in [1.82, 2.24) is 24.8 Å². The average Bonchev–Trinajstić information content (AvgIpc) is 3.11. The number of rotatable bonds is 3. The lowest BCUT2D eigenvalue weighted by Gasteiger charge is -2.27. The monoisotopic (exact) mass is 341 g/mol. The second kappa shape index (κ2) is 6.14. The van der Waals surface area contributed by atoms with Crippen molar-refractivity contribution in [3.05, 3.63) is 67.6 Å². The first-order valence-electron chi connectivity index (χ1n) is 7.61. The molecule has 1 aliphatic rings. The number of H-pyrrole nitrogens is 2. The molecule has 0 radical (unpaired) electrons. The van der Waals surface area contributed by atoms with E-state index in [4.69, 9.17) is 0 Å². The number of aromatic amines is 2. The zero-order valence-corrected chi connectivity index (χ0v) is 13.6. The Balaban J connectivity index is 1.54. The Morgan fingerprint density at radius 3 is 3.04 bits per heavy atom. The first-order chi connectivity index (χ1) is 11.7. The van der Waals surface area contributed by atoms with Gasteiger partial charge in [-0.15, -0.1) is 11.3 Å². The van der Waals surface area contributed by atoms with E-state index in [1.807, 2.05) is 23.7 Å². The molecule has 122 valence electrons. The van der Waals surface area contributed by atoms with Gasteiger partial charge in [-0.25, -0.2) is 14.8 Å². The van der Waals surface area contributed by atoms with E-state index in [2.05, 4.69) is 24.8 Å². The van der Waals surface area contributed by atoms with Crippen LogP contribution in [0.4, 0.5) is 0 Å². The van der Waals surface area contributed by atoms with Crippen LogP contribution in [0, 0.1) is 0 Å². The predicted octanol–water partition coefficient (Wildman–Crippen LogP) is 1.14. The molecule has 0 unspecified atom stereocenters. The molecule has 24 heavy (non-hydrogen) atoms. The Labute approximate surface area is 141 Å². The smallest absolute Gasteiger partial charge is 0.314 e. The fraction of sp³-hybridized carbons (Fsp3) is 0.250. The number of hydrogen-bond donors (Lipinski definition) is 2. The largest absolute Gasteiger partial charge is 0.325 e. The molecule has 0 atom stereocenters. The van der Waals surface area contributed by atoms with Gasteiger partial charge < -0.3 is 4.98 Å². The third-order valence-corrected chi connectivity index (χ3v) is 4.91. The summed E-state index contributed by atoms with van der Waals surface area (Å²) in [6.45, 7) is 1.99. The van der Waals surface area contributed by atoms with Crippen molar-refractivity contribution in [3.63, 3.8) is 0 Å². The van der Waals surface area contributed by atoms with Crippen LogP contribution >= 0.6 is 11.3 Å². The molecule has 4 rings (SSSR count). The quantitative estimate of drug-likeness (QED) is 0.745. The van der Waals surface area contributed by atoms with Crippen molar-refractivity contribution in [1.29, 1.82) is 0 Å². The molecule has 3 aromatic heterocycles. The van der Waals surface area contributed by atoms with E-state index in [-0.39, 0.29) is 5.56 Å². The van der Waals surface area contributed by atoms with E-state index in [9.17, 15) is 9.59 Å². The van der Waals surface area contributed by atoms with E-state index in [0.717, 1.165) is 34.9 Å². The van der Waals surface area contributed by atoms with Gasteiger partial charge in [-0.05, 0) is 11.4 Å². The summed E-state index contributed by atoms with van der Waals surface area (Å²) in [7, 11) is 0. The highest BCUT2D eigenvalue weighted by Gasteiger charge is 2.20. The standard InChI is InChI=1S/C16H15N5O2S/c22-15-11(7-18-16(23)20-15)9-21-4-3-12-10(8-21)6-17-14(19-12)13-2-1-5-24-13/h1-2,5-7H,3-4,8-9H2,(H2,18,20,22,23). The van der Waals surface area contributed by atoms with Crippen LogP contribution in [0.5, 0.6) is 0 Å². The molecule has 4 heterocycles. The Kier molecular flexibility index (Phi) is 3.83. The Bertz CT molecular complexity index is 977. The topological polar surface area (TPSA) is 94.7 Å². The Morgan fingerprint density at radius 2 is 2.25 bits per heavy atom. The molecule has 0 amide bonds. The molecule has 0 saturated carbocycles. The number of fused-ring (bicyclic) bond motifs is 1. The van der Waals surface area contributed by atoms with Crippen LogP contribution in [0.2, 0.25) is 0 Å². The van der Waals surface area contributed by atoms with Crippen LogP contribution in [-0.2, 0) is 19.5 Å². The zero-order chi connectivity index (χ0) is 16.5. The van der Waals surface area contributed by atoms with Crippen molar-refractivity contribution in [2.45, 2.75) is 19.5 Å². The van der Waals surface area contributed by atoms with Gasteiger partial charge in [0.1, 0.15) is 0 Å². The molecule has 7 nitrogen and oxygen atoms in total. The van der Waals surface area contributed by atoms with Crippen molar-refractivity contribution < 1.29 is 0 Å². The van der Waals surface area contributed by atoms with Crippen molar-refractivity contribution in [2.75, 3.05) is 6.54 Å². The van der Waals surface area contributed by atoms with E-state index in [0.29, 0.717) is 18.7 Å². The Morgan fingerprint density at radius 1 is 1.33 bits per heavy atom. The number of nitrogens with zero attached hydrogens (tertiary/aromatic N) is 3. The fourth-order valence-electron chi connectivity index (χ4n) is 2.83. The van der Waals surface area contributed by atoms with Gasteiger partial charge in [-0.1, -0.05) is 6.07 Å². The summed E-state index contributed by atoms with van der Waals surface area (Å²) >= 11 is 1.63. The molecule has 0 bridgehead atoms. The molecule has 8 heteroatoms. The molecule has 2 N–H and O–H groups in total. The summed E-state index contributed by atoms with van der Waals surface area (Å²) < 4.78 is 0. The maximum atomic E-state index is 11.8. The van der Waals surface area contributed by atoms with Gasteiger partial charge in [0.2, 0.25) is 0 Å². The molecule has 3 aromatic rings. The lowest BCUT2D eigenvalue weighted by atomic mass is 10.1. The maximum absolute atomic E-state index is 11.8. The normalized spacial score (nSPS) is 14.5. The summed E-state index contributed by atoms with van der Waals surface area (Å²) in [6.07, 6.45) is 4.17. The van der Waals surface area contributed by atoms with E-state index in [1.165, 1.54) is 6.20 Å². The third-order valence-electron chi connectivity index (χ3n) is 4.04. The number of thiophene rings is 1.